The van der Waals surface area contributed by atoms with Gasteiger partial charge in [-0.05, 0) is 90.3 Å². The number of aliphatic carboxylic acids is 1. The minimum absolute atomic E-state index is 0.0180. The largest absolute Gasteiger partial charge is 0.481 e. The number of likely N-dealkylation sites (tertiary alicyclic amines) is 1. The standard InChI is InChI=1S/C35H41F3N2O5S/c1-23-20-26(24-9-14-29(15-10-24)46(44,45)22-34(2,3)4)11-16-30(23)31(17-18-35(36,37)38)39-28-12-7-25(8-13-28)32(41)40-19-5-6-27(21-40)33(42)43/h7-16,20,27,31,39H,5-6,17-19,21-22H2,1-4H3,(H,42,43)/t27-,31?/m1/s1. The van der Waals surface area contributed by atoms with E-state index in [0.29, 0.717) is 36.2 Å². The molecule has 2 N–H and O–H groups in total. The van der Waals surface area contributed by atoms with Crippen LogP contribution in [-0.4, -0.2) is 55.3 Å². The van der Waals surface area contributed by atoms with Crippen molar-refractivity contribution in [1.82, 2.24) is 4.90 Å². The van der Waals surface area contributed by atoms with E-state index in [1.165, 1.54) is 4.90 Å². The van der Waals surface area contributed by atoms with E-state index in [9.17, 15) is 36.3 Å². The van der Waals surface area contributed by atoms with Crippen LogP contribution in [-0.2, 0) is 14.6 Å². The zero-order valence-electron chi connectivity index (χ0n) is 26.5. The third-order valence-electron chi connectivity index (χ3n) is 8.06. The first-order valence-electron chi connectivity index (χ1n) is 15.3. The number of amides is 1. The number of anilines is 1. The van der Waals surface area contributed by atoms with E-state index in [1.807, 2.05) is 39.8 Å². The number of carboxylic acid groups (broad SMARTS) is 1. The van der Waals surface area contributed by atoms with E-state index in [0.717, 1.165) is 16.7 Å². The zero-order chi connectivity index (χ0) is 33.9. The molecule has 1 unspecified atom stereocenters. The van der Waals surface area contributed by atoms with Gasteiger partial charge < -0.3 is 15.3 Å². The number of carbonyl (C=O) groups excluding carboxylic acids is 1. The van der Waals surface area contributed by atoms with Crippen molar-refractivity contribution < 1.29 is 36.3 Å². The molecule has 2 atom stereocenters. The fourth-order valence-electron chi connectivity index (χ4n) is 5.82. The van der Waals surface area contributed by atoms with Crippen molar-refractivity contribution in [2.45, 2.75) is 70.5 Å². The smallest absolute Gasteiger partial charge is 0.389 e. The van der Waals surface area contributed by atoms with Crippen molar-refractivity contribution in [3.8, 4) is 11.1 Å². The minimum Gasteiger partial charge on any atom is -0.481 e. The predicted octanol–water partition coefficient (Wildman–Crippen LogP) is 7.91. The number of halogens is 3. The second-order valence-corrected chi connectivity index (χ2v) is 15.3. The van der Waals surface area contributed by atoms with Crippen LogP contribution in [0.25, 0.3) is 11.1 Å². The molecule has 1 aliphatic heterocycles. The van der Waals surface area contributed by atoms with Gasteiger partial charge in [0.05, 0.1) is 22.6 Å². The van der Waals surface area contributed by atoms with Gasteiger partial charge in [0.25, 0.3) is 5.91 Å². The fourth-order valence-corrected chi connectivity index (χ4v) is 7.68. The van der Waals surface area contributed by atoms with Crippen molar-refractivity contribution in [2.75, 3.05) is 24.2 Å². The molecule has 7 nitrogen and oxygen atoms in total. The number of rotatable bonds is 10. The molecule has 1 heterocycles. The Morgan fingerprint density at radius 1 is 0.978 bits per heavy atom. The predicted molar refractivity (Wildman–Crippen MR) is 172 cm³/mol. The Labute approximate surface area is 268 Å². The number of hydrogen-bond acceptors (Lipinski definition) is 5. The van der Waals surface area contributed by atoms with Gasteiger partial charge in [0.1, 0.15) is 0 Å². The van der Waals surface area contributed by atoms with Crippen LogP contribution < -0.4 is 5.32 Å². The number of carboxylic acids is 1. The molecule has 11 heteroatoms. The van der Waals surface area contributed by atoms with Crippen molar-refractivity contribution in [1.29, 1.82) is 0 Å². The third-order valence-corrected chi connectivity index (χ3v) is 10.3. The van der Waals surface area contributed by atoms with Crippen LogP contribution in [0.15, 0.2) is 71.6 Å². The van der Waals surface area contributed by atoms with Gasteiger partial charge in [-0.3, -0.25) is 9.59 Å². The second kappa shape index (κ2) is 13.9. The molecule has 0 bridgehead atoms. The normalized spacial score (nSPS) is 16.6. The fraction of sp³-hybridized carbons (Fsp3) is 0.429. The first-order chi connectivity index (χ1) is 21.4. The Kier molecular flexibility index (Phi) is 10.6. The minimum atomic E-state index is -4.35. The highest BCUT2D eigenvalue weighted by molar-refractivity contribution is 7.91. The maximum atomic E-state index is 13.3. The van der Waals surface area contributed by atoms with Crippen molar-refractivity contribution in [3.05, 3.63) is 83.4 Å². The maximum Gasteiger partial charge on any atom is 0.389 e. The average Bonchev–Trinajstić information content (AvgIpc) is 2.98. The number of piperidine rings is 1. The van der Waals surface area contributed by atoms with Gasteiger partial charge in [-0.15, -0.1) is 0 Å². The van der Waals surface area contributed by atoms with Crippen molar-refractivity contribution >= 4 is 27.4 Å². The quantitative estimate of drug-likeness (QED) is 0.230. The molecule has 3 aromatic rings. The summed E-state index contributed by atoms with van der Waals surface area (Å²) in [6, 6.07) is 17.9. The van der Waals surface area contributed by atoms with Crippen molar-refractivity contribution in [2.24, 2.45) is 11.3 Å². The van der Waals surface area contributed by atoms with E-state index in [4.69, 9.17) is 0 Å². The molecule has 1 saturated heterocycles. The highest BCUT2D eigenvalue weighted by Crippen LogP contribution is 2.34. The molecule has 1 aliphatic rings. The van der Waals surface area contributed by atoms with Crippen LogP contribution in [0.4, 0.5) is 18.9 Å². The number of alkyl halides is 3. The van der Waals surface area contributed by atoms with Gasteiger partial charge in [-0.1, -0.05) is 51.1 Å². The Balaban J connectivity index is 1.52. The molecular weight excluding hydrogens is 617 g/mol. The lowest BCUT2D eigenvalue weighted by atomic mass is 9.93. The van der Waals surface area contributed by atoms with E-state index in [1.54, 1.807) is 54.6 Å². The summed E-state index contributed by atoms with van der Waals surface area (Å²) < 4.78 is 65.5. The number of nitrogens with zero attached hydrogens (tertiary/aromatic N) is 1. The Morgan fingerprint density at radius 2 is 1.61 bits per heavy atom. The van der Waals surface area contributed by atoms with Gasteiger partial charge in [0.15, 0.2) is 9.84 Å². The maximum absolute atomic E-state index is 13.3. The number of benzene rings is 3. The molecule has 0 aromatic heterocycles. The number of carbonyl (C=O) groups is 2. The Bertz CT molecular complexity index is 1650. The van der Waals surface area contributed by atoms with Crippen LogP contribution in [0, 0.1) is 18.3 Å². The lowest BCUT2D eigenvalue weighted by Gasteiger charge is -2.30. The van der Waals surface area contributed by atoms with Crippen LogP contribution in [0.3, 0.4) is 0 Å². The summed E-state index contributed by atoms with van der Waals surface area (Å²) >= 11 is 0. The first-order valence-corrected chi connectivity index (χ1v) is 17.0. The number of nitrogens with one attached hydrogen (secondary N) is 1. The second-order valence-electron chi connectivity index (χ2n) is 13.3. The molecule has 248 valence electrons. The molecule has 0 spiro atoms. The van der Waals surface area contributed by atoms with Gasteiger partial charge in [-0.2, -0.15) is 13.2 Å². The SMILES string of the molecule is Cc1cc(-c2ccc(S(=O)(=O)CC(C)(C)C)cc2)ccc1C(CCC(F)(F)F)Nc1ccc(C(=O)N2CCC[C@@H](C(=O)O)C2)cc1. The average molecular weight is 659 g/mol. The summed E-state index contributed by atoms with van der Waals surface area (Å²) in [4.78, 5) is 26.2. The number of aryl methyl sites for hydroxylation is 1. The lowest BCUT2D eigenvalue weighted by Crippen LogP contribution is -2.42. The molecule has 1 amide bonds. The van der Waals surface area contributed by atoms with Crippen LogP contribution >= 0.6 is 0 Å². The van der Waals surface area contributed by atoms with Gasteiger partial charge >= 0.3 is 12.1 Å². The highest BCUT2D eigenvalue weighted by Gasteiger charge is 2.30. The summed E-state index contributed by atoms with van der Waals surface area (Å²) in [5, 5.41) is 12.5. The molecule has 1 fully saturated rings. The Morgan fingerprint density at radius 3 is 2.17 bits per heavy atom. The first kappa shape index (κ1) is 35.0. The van der Waals surface area contributed by atoms with E-state index >= 15 is 0 Å². The topological polar surface area (TPSA) is 104 Å². The van der Waals surface area contributed by atoms with Gasteiger partial charge in [0, 0.05) is 30.8 Å². The molecule has 4 rings (SSSR count). The highest BCUT2D eigenvalue weighted by atomic mass is 32.2. The van der Waals surface area contributed by atoms with Crippen LogP contribution in [0.1, 0.15) is 74.0 Å². The summed E-state index contributed by atoms with van der Waals surface area (Å²) in [5.41, 5.74) is 3.58. The monoisotopic (exact) mass is 658 g/mol. The van der Waals surface area contributed by atoms with Crippen LogP contribution in [0.2, 0.25) is 0 Å². The molecule has 0 saturated carbocycles. The molecular formula is C35H41F3N2O5S. The third kappa shape index (κ3) is 9.34. The van der Waals surface area contributed by atoms with E-state index < -0.39 is 40.4 Å². The summed E-state index contributed by atoms with van der Waals surface area (Å²) in [5.74, 6) is -1.79. The summed E-state index contributed by atoms with van der Waals surface area (Å²) in [7, 11) is -3.45. The number of hydrogen-bond donors (Lipinski definition) is 2. The summed E-state index contributed by atoms with van der Waals surface area (Å²) in [6.07, 6.45) is -4.43. The molecule has 0 aliphatic carbocycles. The van der Waals surface area contributed by atoms with Crippen LogP contribution in [0.5, 0.6) is 0 Å². The van der Waals surface area contributed by atoms with E-state index in [2.05, 4.69) is 5.32 Å². The number of sulfone groups is 1. The van der Waals surface area contributed by atoms with E-state index in [-0.39, 0.29) is 34.9 Å². The van der Waals surface area contributed by atoms with Gasteiger partial charge in [0.2, 0.25) is 0 Å². The van der Waals surface area contributed by atoms with Crippen molar-refractivity contribution in [3.63, 3.8) is 0 Å². The zero-order valence-corrected chi connectivity index (χ0v) is 27.3. The molecule has 3 aromatic carbocycles. The molecule has 46 heavy (non-hydrogen) atoms. The summed E-state index contributed by atoms with van der Waals surface area (Å²) in [6.45, 7) is 8.04. The lowest BCUT2D eigenvalue weighted by molar-refractivity contribution is -0.143. The molecule has 0 radical (unpaired) electrons. The Hall–Kier alpha value is -3.86. The van der Waals surface area contributed by atoms with Gasteiger partial charge in [-0.25, -0.2) is 8.42 Å².